The zero-order chi connectivity index (χ0) is 35.5. The first kappa shape index (κ1) is 34.6. The molecule has 2 aromatic heterocycles. The fourth-order valence-electron chi connectivity index (χ4n) is 6.14. The third-order valence-corrected chi connectivity index (χ3v) is 10.9. The number of hydrogen-bond donors (Lipinski definition) is 0. The Morgan fingerprint density at radius 2 is 0.615 bits per heavy atom. The topological polar surface area (TPSA) is 0 Å². The van der Waals surface area contributed by atoms with Crippen molar-refractivity contribution in [2.24, 2.45) is 0 Å². The Kier molecular flexibility index (Phi) is 11.3. The van der Waals surface area contributed by atoms with E-state index < -0.39 is 0 Å². The monoisotopic (exact) mass is 704 g/mol. The Bertz CT molecular complexity index is 2100. The lowest BCUT2D eigenvalue weighted by Gasteiger charge is -2.09. The van der Waals surface area contributed by atoms with E-state index in [9.17, 15) is 0 Å². The van der Waals surface area contributed by atoms with Gasteiger partial charge in [0.1, 0.15) is 0 Å². The lowest BCUT2D eigenvalue weighted by Crippen LogP contribution is -1.88. The lowest BCUT2D eigenvalue weighted by molar-refractivity contribution is 1.55. The summed E-state index contributed by atoms with van der Waals surface area (Å²) < 4.78 is 0. The fraction of sp³-hybridized carbons (Fsp3) is 0.0400. The average molecular weight is 705 g/mol. The standard InChI is InChI=1S/2C25H20S/c2*1-19-12-17-25(26-19)23-15-13-20(14-16-23)18-24(21-8-4-2-5-9-21)22-10-6-3-7-11-22/h2*2-18H,1H3. The third-order valence-electron chi connectivity index (χ3n) is 8.83. The normalized spacial score (nSPS) is 10.5. The van der Waals surface area contributed by atoms with Crippen LogP contribution in [0.2, 0.25) is 0 Å². The predicted molar refractivity (Wildman–Crippen MR) is 229 cm³/mol. The third kappa shape index (κ3) is 8.91. The van der Waals surface area contributed by atoms with Gasteiger partial charge in [0.15, 0.2) is 0 Å². The molecule has 0 nitrogen and oxygen atoms in total. The maximum Gasteiger partial charge on any atom is 0.0345 e. The number of thiophene rings is 2. The van der Waals surface area contributed by atoms with Gasteiger partial charge in [-0.1, -0.05) is 170 Å². The summed E-state index contributed by atoms with van der Waals surface area (Å²) in [6, 6.07) is 68.7. The minimum atomic E-state index is 1.21. The van der Waals surface area contributed by atoms with Crippen molar-refractivity contribution in [3.05, 3.63) is 237 Å². The second kappa shape index (κ2) is 16.9. The first-order chi connectivity index (χ1) is 25.6. The van der Waals surface area contributed by atoms with Crippen LogP contribution in [0.15, 0.2) is 194 Å². The molecule has 0 saturated carbocycles. The van der Waals surface area contributed by atoms with Crippen LogP contribution in [-0.2, 0) is 0 Å². The van der Waals surface area contributed by atoms with Crippen molar-refractivity contribution in [2.75, 3.05) is 0 Å². The summed E-state index contributed by atoms with van der Waals surface area (Å²) in [5.74, 6) is 0. The molecular formula is C50H40S2. The van der Waals surface area contributed by atoms with Gasteiger partial charge in [-0.2, -0.15) is 0 Å². The van der Waals surface area contributed by atoms with Gasteiger partial charge in [-0.25, -0.2) is 0 Å². The van der Waals surface area contributed by atoms with Crippen molar-refractivity contribution >= 4 is 46.0 Å². The summed E-state index contributed by atoms with van der Waals surface area (Å²) >= 11 is 3.68. The van der Waals surface area contributed by atoms with E-state index in [2.05, 4.69) is 220 Å². The molecule has 0 aliphatic carbocycles. The zero-order valence-corrected chi connectivity index (χ0v) is 31.1. The van der Waals surface area contributed by atoms with E-state index in [1.807, 2.05) is 22.7 Å². The van der Waals surface area contributed by atoms with Gasteiger partial charge in [0.25, 0.3) is 0 Å². The van der Waals surface area contributed by atoms with E-state index in [1.54, 1.807) is 0 Å². The minimum Gasteiger partial charge on any atom is -0.141 e. The highest BCUT2D eigenvalue weighted by molar-refractivity contribution is 7.15. The van der Waals surface area contributed by atoms with E-state index >= 15 is 0 Å². The van der Waals surface area contributed by atoms with Crippen LogP contribution in [0.3, 0.4) is 0 Å². The molecule has 52 heavy (non-hydrogen) atoms. The van der Waals surface area contributed by atoms with Crippen LogP contribution in [0.1, 0.15) is 43.1 Å². The van der Waals surface area contributed by atoms with Crippen LogP contribution < -0.4 is 0 Å². The Labute approximate surface area is 316 Å². The molecule has 0 atom stereocenters. The Balaban J connectivity index is 0.000000162. The SMILES string of the molecule is Cc1ccc(-c2ccc(C=C(c3ccccc3)c3ccccc3)cc2)s1.Cc1ccc(-c2ccc(C=C(c3ccccc3)c3ccccc3)cc2)s1. The molecule has 0 saturated heterocycles. The van der Waals surface area contributed by atoms with Gasteiger partial charge in [0.05, 0.1) is 0 Å². The van der Waals surface area contributed by atoms with Gasteiger partial charge < -0.3 is 0 Å². The number of aryl methyl sites for hydroxylation is 2. The first-order valence-electron chi connectivity index (χ1n) is 17.6. The van der Waals surface area contributed by atoms with Crippen LogP contribution in [0, 0.1) is 13.8 Å². The lowest BCUT2D eigenvalue weighted by atomic mass is 9.95. The highest BCUT2D eigenvalue weighted by Crippen LogP contribution is 2.32. The van der Waals surface area contributed by atoms with Gasteiger partial charge in [0, 0.05) is 19.5 Å². The molecule has 0 unspecified atom stereocenters. The number of rotatable bonds is 8. The van der Waals surface area contributed by atoms with E-state index in [4.69, 9.17) is 0 Å². The molecule has 0 aliphatic heterocycles. The van der Waals surface area contributed by atoms with E-state index in [1.165, 1.54) is 75.2 Å². The van der Waals surface area contributed by atoms with Crippen LogP contribution in [0.25, 0.3) is 44.2 Å². The summed E-state index contributed by atoms with van der Waals surface area (Å²) in [6.07, 6.45) is 4.54. The summed E-state index contributed by atoms with van der Waals surface area (Å²) in [6.45, 7) is 4.30. The Hall–Kier alpha value is -5.80. The summed E-state index contributed by atoms with van der Waals surface area (Å²) in [7, 11) is 0. The van der Waals surface area contributed by atoms with Crippen LogP contribution in [-0.4, -0.2) is 0 Å². The molecule has 0 aliphatic rings. The van der Waals surface area contributed by atoms with Crippen LogP contribution in [0.4, 0.5) is 0 Å². The van der Waals surface area contributed by atoms with Crippen molar-refractivity contribution in [3.63, 3.8) is 0 Å². The molecule has 8 rings (SSSR count). The maximum atomic E-state index is 2.27. The van der Waals surface area contributed by atoms with E-state index in [0.717, 1.165) is 0 Å². The van der Waals surface area contributed by atoms with Gasteiger partial charge in [-0.3, -0.25) is 0 Å². The second-order valence-corrected chi connectivity index (χ2v) is 15.2. The Morgan fingerprint density at radius 3 is 0.865 bits per heavy atom. The number of benzene rings is 6. The van der Waals surface area contributed by atoms with Crippen molar-refractivity contribution in [2.45, 2.75) is 13.8 Å². The molecule has 6 aromatic carbocycles. The largest absolute Gasteiger partial charge is 0.141 e. The predicted octanol–water partition coefficient (Wildman–Crippen LogP) is 14.6. The molecular weight excluding hydrogens is 665 g/mol. The highest BCUT2D eigenvalue weighted by atomic mass is 32.1. The summed E-state index contributed by atoms with van der Waals surface area (Å²) in [5.41, 5.74) is 12.4. The molecule has 0 bridgehead atoms. The molecule has 0 N–H and O–H groups in total. The van der Waals surface area contributed by atoms with E-state index in [-0.39, 0.29) is 0 Å². The van der Waals surface area contributed by atoms with Crippen molar-refractivity contribution in [1.29, 1.82) is 0 Å². The fourth-order valence-corrected chi connectivity index (χ4v) is 7.88. The van der Waals surface area contributed by atoms with Crippen molar-refractivity contribution < 1.29 is 0 Å². The van der Waals surface area contributed by atoms with Crippen LogP contribution in [0.5, 0.6) is 0 Å². The smallest absolute Gasteiger partial charge is 0.0345 e. The minimum absolute atomic E-state index is 1.21. The molecule has 2 heterocycles. The van der Waals surface area contributed by atoms with Crippen molar-refractivity contribution in [3.8, 4) is 20.9 Å². The molecule has 0 spiro atoms. The van der Waals surface area contributed by atoms with Crippen molar-refractivity contribution in [1.82, 2.24) is 0 Å². The molecule has 252 valence electrons. The van der Waals surface area contributed by atoms with Gasteiger partial charge in [-0.15, -0.1) is 22.7 Å². The second-order valence-electron chi connectivity index (χ2n) is 12.6. The van der Waals surface area contributed by atoms with Gasteiger partial charge in [0.2, 0.25) is 0 Å². The molecule has 8 aromatic rings. The maximum absolute atomic E-state index is 2.27. The molecule has 0 fully saturated rings. The summed E-state index contributed by atoms with van der Waals surface area (Å²) in [4.78, 5) is 5.34. The van der Waals surface area contributed by atoms with Crippen LogP contribution >= 0.6 is 22.7 Å². The zero-order valence-electron chi connectivity index (χ0n) is 29.4. The van der Waals surface area contributed by atoms with Gasteiger partial charge >= 0.3 is 0 Å². The van der Waals surface area contributed by atoms with E-state index in [0.29, 0.717) is 0 Å². The molecule has 2 heteroatoms. The van der Waals surface area contributed by atoms with Gasteiger partial charge in [-0.05, 0) is 106 Å². The Morgan fingerprint density at radius 1 is 0.327 bits per heavy atom. The first-order valence-corrected chi connectivity index (χ1v) is 19.2. The average Bonchev–Trinajstić information content (AvgIpc) is 3.86. The molecule has 0 amide bonds. The quantitative estimate of drug-likeness (QED) is 0.138. The highest BCUT2D eigenvalue weighted by Gasteiger charge is 2.07. The molecule has 0 radical (unpaired) electrons. The number of hydrogen-bond acceptors (Lipinski definition) is 2. The summed E-state index contributed by atoms with van der Waals surface area (Å²) in [5, 5.41) is 0.